The van der Waals surface area contributed by atoms with Crippen LogP contribution in [0.1, 0.15) is 46.0 Å². The lowest BCUT2D eigenvalue weighted by molar-refractivity contribution is 0.272. The molecule has 4 atom stereocenters. The lowest BCUT2D eigenvalue weighted by Gasteiger charge is -2.34. The maximum Gasteiger partial charge on any atom is 0.0390 e. The van der Waals surface area contributed by atoms with Gasteiger partial charge in [0.15, 0.2) is 0 Å². The highest BCUT2D eigenvalue weighted by Crippen LogP contribution is 2.34. The molecule has 0 radical (unpaired) electrons. The second-order valence-electron chi connectivity index (χ2n) is 4.67. The van der Waals surface area contributed by atoms with E-state index in [1.54, 1.807) is 0 Å². The lowest BCUT2D eigenvalue weighted by atomic mass is 9.80. The van der Waals surface area contributed by atoms with Crippen molar-refractivity contribution in [2.75, 3.05) is 12.3 Å². The van der Waals surface area contributed by atoms with Crippen LogP contribution in [-0.2, 0) is 10.8 Å². The minimum Gasteiger partial charge on any atom is -0.330 e. The zero-order valence-electron chi connectivity index (χ0n) is 10.1. The molecule has 0 bridgehead atoms. The van der Waals surface area contributed by atoms with Crippen LogP contribution >= 0.6 is 0 Å². The topological polar surface area (TPSA) is 43.1 Å². The molecule has 0 aromatic heterocycles. The van der Waals surface area contributed by atoms with E-state index in [4.69, 9.17) is 5.73 Å². The highest BCUT2D eigenvalue weighted by atomic mass is 32.2. The maximum absolute atomic E-state index is 11.9. The van der Waals surface area contributed by atoms with Gasteiger partial charge in [0.25, 0.3) is 0 Å². The van der Waals surface area contributed by atoms with Gasteiger partial charge in [-0.1, -0.05) is 33.1 Å². The van der Waals surface area contributed by atoms with Crippen LogP contribution in [0, 0.1) is 11.8 Å². The highest BCUT2D eigenvalue weighted by molar-refractivity contribution is 7.85. The summed E-state index contributed by atoms with van der Waals surface area (Å²) in [5, 5.41) is 0.380. The van der Waals surface area contributed by atoms with Crippen LogP contribution in [0.15, 0.2) is 0 Å². The number of hydrogen-bond donors (Lipinski definition) is 1. The summed E-state index contributed by atoms with van der Waals surface area (Å²) in [6.07, 6.45) is 6.19. The van der Waals surface area contributed by atoms with Gasteiger partial charge >= 0.3 is 0 Å². The molecule has 2 nitrogen and oxygen atoms in total. The lowest BCUT2D eigenvalue weighted by Crippen LogP contribution is -2.37. The Hall–Kier alpha value is 0.110. The largest absolute Gasteiger partial charge is 0.330 e. The van der Waals surface area contributed by atoms with E-state index in [1.807, 2.05) is 6.92 Å². The van der Waals surface area contributed by atoms with Gasteiger partial charge in [-0.25, -0.2) is 0 Å². The van der Waals surface area contributed by atoms with Crippen molar-refractivity contribution in [2.45, 2.75) is 51.2 Å². The molecule has 0 heterocycles. The van der Waals surface area contributed by atoms with Crippen LogP contribution in [0.25, 0.3) is 0 Å². The standard InChI is InChI=1S/C12H25NOS/c1-3-5-10-6-7-11(9-13)12(8-10)15(14)4-2/h10-12H,3-9,13H2,1-2H3. The maximum atomic E-state index is 11.9. The quantitative estimate of drug-likeness (QED) is 0.789. The first-order valence-electron chi connectivity index (χ1n) is 6.30. The van der Waals surface area contributed by atoms with E-state index >= 15 is 0 Å². The Morgan fingerprint density at radius 2 is 2.07 bits per heavy atom. The Kier molecular flexibility index (Phi) is 5.83. The Bertz CT molecular complexity index is 208. The average molecular weight is 231 g/mol. The van der Waals surface area contributed by atoms with Gasteiger partial charge < -0.3 is 5.73 Å². The third-order valence-corrected chi connectivity index (χ3v) is 5.48. The molecular formula is C12H25NOS. The first-order valence-corrected chi connectivity index (χ1v) is 7.68. The summed E-state index contributed by atoms with van der Waals surface area (Å²) < 4.78 is 11.9. The van der Waals surface area contributed by atoms with Crippen molar-refractivity contribution in [3.63, 3.8) is 0 Å². The van der Waals surface area contributed by atoms with Crippen LogP contribution in [0.3, 0.4) is 0 Å². The third kappa shape index (κ3) is 3.56. The van der Waals surface area contributed by atoms with Crippen molar-refractivity contribution in [2.24, 2.45) is 17.6 Å². The van der Waals surface area contributed by atoms with Crippen LogP contribution in [0.5, 0.6) is 0 Å². The van der Waals surface area contributed by atoms with E-state index in [-0.39, 0.29) is 0 Å². The smallest absolute Gasteiger partial charge is 0.0390 e. The number of nitrogens with two attached hydrogens (primary N) is 1. The molecule has 1 rings (SSSR count). The fourth-order valence-electron chi connectivity index (χ4n) is 2.75. The monoisotopic (exact) mass is 231 g/mol. The second-order valence-corrected chi connectivity index (χ2v) is 6.62. The molecule has 1 fully saturated rings. The molecule has 1 aliphatic carbocycles. The van der Waals surface area contributed by atoms with Crippen molar-refractivity contribution >= 4 is 10.8 Å². The predicted molar refractivity (Wildman–Crippen MR) is 67.3 cm³/mol. The average Bonchev–Trinajstić information content (AvgIpc) is 2.28. The molecule has 1 saturated carbocycles. The summed E-state index contributed by atoms with van der Waals surface area (Å²) >= 11 is 0. The number of hydrogen-bond acceptors (Lipinski definition) is 2. The van der Waals surface area contributed by atoms with Gasteiger partial charge in [0, 0.05) is 21.8 Å². The Morgan fingerprint density at radius 1 is 1.33 bits per heavy atom. The zero-order valence-corrected chi connectivity index (χ0v) is 10.9. The van der Waals surface area contributed by atoms with Gasteiger partial charge in [-0.15, -0.1) is 0 Å². The van der Waals surface area contributed by atoms with Crippen LogP contribution in [0.2, 0.25) is 0 Å². The van der Waals surface area contributed by atoms with E-state index in [0.717, 1.165) is 24.6 Å². The van der Waals surface area contributed by atoms with Crippen molar-refractivity contribution in [1.82, 2.24) is 0 Å². The van der Waals surface area contributed by atoms with Crippen molar-refractivity contribution < 1.29 is 4.21 Å². The van der Waals surface area contributed by atoms with Gasteiger partial charge in [0.05, 0.1) is 0 Å². The molecule has 4 unspecified atom stereocenters. The van der Waals surface area contributed by atoms with Gasteiger partial charge in [0.1, 0.15) is 0 Å². The van der Waals surface area contributed by atoms with Crippen LogP contribution in [-0.4, -0.2) is 21.8 Å². The summed E-state index contributed by atoms with van der Waals surface area (Å²) in [6.45, 7) is 4.98. The molecular weight excluding hydrogens is 206 g/mol. The first kappa shape index (κ1) is 13.2. The van der Waals surface area contributed by atoms with Crippen molar-refractivity contribution in [3.8, 4) is 0 Å². The van der Waals surface area contributed by atoms with Crippen LogP contribution in [0.4, 0.5) is 0 Å². The fourth-order valence-corrected chi connectivity index (χ4v) is 4.34. The van der Waals surface area contributed by atoms with Crippen molar-refractivity contribution in [3.05, 3.63) is 0 Å². The Labute approximate surface area is 96.5 Å². The van der Waals surface area contributed by atoms with E-state index in [0.29, 0.717) is 11.2 Å². The minimum absolute atomic E-state index is 0.380. The molecule has 15 heavy (non-hydrogen) atoms. The van der Waals surface area contributed by atoms with Gasteiger partial charge in [-0.3, -0.25) is 4.21 Å². The minimum atomic E-state index is -0.648. The molecule has 0 aromatic rings. The predicted octanol–water partition coefficient (Wildman–Crippen LogP) is 2.30. The van der Waals surface area contributed by atoms with Crippen LogP contribution < -0.4 is 5.73 Å². The van der Waals surface area contributed by atoms with E-state index in [2.05, 4.69) is 6.92 Å². The number of rotatable bonds is 5. The molecule has 0 amide bonds. The Balaban J connectivity index is 2.56. The fraction of sp³-hybridized carbons (Fsp3) is 1.00. The third-order valence-electron chi connectivity index (χ3n) is 3.66. The molecule has 2 N–H and O–H groups in total. The van der Waals surface area contributed by atoms with Gasteiger partial charge in [0.2, 0.25) is 0 Å². The van der Waals surface area contributed by atoms with Gasteiger partial charge in [-0.05, 0) is 31.2 Å². The molecule has 0 aliphatic heterocycles. The Morgan fingerprint density at radius 3 is 2.60 bits per heavy atom. The molecule has 90 valence electrons. The zero-order chi connectivity index (χ0) is 11.3. The summed E-state index contributed by atoms with van der Waals surface area (Å²) in [5.74, 6) is 2.11. The summed E-state index contributed by atoms with van der Waals surface area (Å²) in [5.41, 5.74) is 5.77. The molecule has 1 aliphatic rings. The molecule has 0 aromatic carbocycles. The summed E-state index contributed by atoms with van der Waals surface area (Å²) in [7, 11) is -0.648. The first-order chi connectivity index (χ1) is 7.22. The van der Waals surface area contributed by atoms with E-state index < -0.39 is 10.8 Å². The van der Waals surface area contributed by atoms with E-state index in [9.17, 15) is 4.21 Å². The second kappa shape index (κ2) is 6.64. The SMILES string of the molecule is CCCC1CCC(CN)C(S(=O)CC)C1. The van der Waals surface area contributed by atoms with Gasteiger partial charge in [-0.2, -0.15) is 0 Å². The van der Waals surface area contributed by atoms with E-state index in [1.165, 1.54) is 25.7 Å². The summed E-state index contributed by atoms with van der Waals surface area (Å²) in [6, 6.07) is 0. The normalized spacial score (nSPS) is 33.9. The highest BCUT2D eigenvalue weighted by Gasteiger charge is 2.32. The summed E-state index contributed by atoms with van der Waals surface area (Å²) in [4.78, 5) is 0. The molecule has 0 saturated heterocycles. The van der Waals surface area contributed by atoms with Crippen molar-refractivity contribution in [1.29, 1.82) is 0 Å². The molecule has 3 heteroatoms. The molecule has 0 spiro atoms.